The highest BCUT2D eigenvalue weighted by Crippen LogP contribution is 2.27. The first kappa shape index (κ1) is 18.6. The summed E-state index contributed by atoms with van der Waals surface area (Å²) in [6.07, 6.45) is 1.27. The molecular weight excluding hydrogens is 394 g/mol. The fourth-order valence-corrected chi connectivity index (χ4v) is 4.43. The molecule has 2 aromatic heterocycles. The summed E-state index contributed by atoms with van der Waals surface area (Å²) in [7, 11) is 0. The molecule has 2 amide bonds. The van der Waals surface area contributed by atoms with Gasteiger partial charge < -0.3 is 15.4 Å². The van der Waals surface area contributed by atoms with Gasteiger partial charge in [0, 0.05) is 16.7 Å². The van der Waals surface area contributed by atoms with Crippen molar-refractivity contribution in [2.24, 2.45) is 0 Å². The zero-order valence-corrected chi connectivity index (χ0v) is 16.6. The van der Waals surface area contributed by atoms with Crippen molar-refractivity contribution < 1.29 is 14.3 Å². The van der Waals surface area contributed by atoms with Crippen molar-refractivity contribution in [2.45, 2.75) is 25.4 Å². The van der Waals surface area contributed by atoms with Crippen LogP contribution in [0.4, 0.5) is 5.13 Å². The number of carbonyl (C=O) groups excluding carboxylic acids is 2. The molecule has 3 aromatic rings. The summed E-state index contributed by atoms with van der Waals surface area (Å²) in [6, 6.07) is 11.8. The molecule has 0 spiro atoms. The molecule has 0 saturated heterocycles. The fourth-order valence-electron chi connectivity index (χ4n) is 3.00. The highest BCUT2D eigenvalue weighted by molar-refractivity contribution is 7.14. The molecule has 0 radical (unpaired) electrons. The van der Waals surface area contributed by atoms with Crippen LogP contribution in [0.5, 0.6) is 5.75 Å². The number of hydrogen-bond acceptors (Lipinski definition) is 6. The minimum absolute atomic E-state index is 0.0381. The van der Waals surface area contributed by atoms with Crippen molar-refractivity contribution >= 4 is 39.6 Å². The minimum Gasteiger partial charge on any atom is -0.488 e. The number of amides is 2. The van der Waals surface area contributed by atoms with Crippen LogP contribution in [0.1, 0.15) is 16.1 Å². The smallest absolute Gasteiger partial charge is 0.231 e. The highest BCUT2D eigenvalue weighted by atomic mass is 32.1. The Labute approximate surface area is 170 Å². The number of thiophene rings is 1. The molecule has 28 heavy (non-hydrogen) atoms. The summed E-state index contributed by atoms with van der Waals surface area (Å²) < 4.78 is 5.82. The summed E-state index contributed by atoms with van der Waals surface area (Å²) in [5, 5.41) is 9.94. The highest BCUT2D eigenvalue weighted by Gasteiger charge is 2.22. The fraction of sp³-hybridized carbons (Fsp3) is 0.250. The third-order valence-corrected chi connectivity index (χ3v) is 5.98. The first-order chi connectivity index (χ1) is 13.7. The van der Waals surface area contributed by atoms with E-state index in [1.54, 1.807) is 16.7 Å². The van der Waals surface area contributed by atoms with Crippen LogP contribution < -0.4 is 15.4 Å². The number of carbonyl (C=O) groups is 2. The Balaban J connectivity index is 1.21. The second-order valence-corrected chi connectivity index (χ2v) is 8.37. The van der Waals surface area contributed by atoms with Crippen LogP contribution in [-0.4, -0.2) is 29.4 Å². The standard InChI is InChI=1S/C20H19N3O3S2/c24-18(21-11-15-8-13-4-1-2-6-17(13)26-15)9-14-12-28-20(22-14)23-19(25)10-16-5-3-7-27-16/h1-7,12,15H,8-11H2,(H,21,24)(H,22,23,25). The number of benzene rings is 1. The Morgan fingerprint density at radius 1 is 1.11 bits per heavy atom. The largest absolute Gasteiger partial charge is 0.488 e. The predicted octanol–water partition coefficient (Wildman–Crippen LogP) is 3.05. The van der Waals surface area contributed by atoms with Crippen LogP contribution in [0.3, 0.4) is 0 Å². The van der Waals surface area contributed by atoms with E-state index in [2.05, 4.69) is 15.6 Å². The Hall–Kier alpha value is -2.71. The number of thiazole rings is 1. The van der Waals surface area contributed by atoms with Gasteiger partial charge in [-0.05, 0) is 23.1 Å². The van der Waals surface area contributed by atoms with Gasteiger partial charge in [0.1, 0.15) is 11.9 Å². The van der Waals surface area contributed by atoms with Crippen molar-refractivity contribution in [1.29, 1.82) is 0 Å². The average molecular weight is 414 g/mol. The number of ether oxygens (including phenoxy) is 1. The molecule has 1 unspecified atom stereocenters. The number of nitrogens with zero attached hydrogens (tertiary/aromatic N) is 1. The van der Waals surface area contributed by atoms with E-state index >= 15 is 0 Å². The maximum atomic E-state index is 12.2. The average Bonchev–Trinajstić information content (AvgIpc) is 3.41. The van der Waals surface area contributed by atoms with Crippen LogP contribution >= 0.6 is 22.7 Å². The number of para-hydroxylation sites is 1. The van der Waals surface area contributed by atoms with Gasteiger partial charge in [0.05, 0.1) is 25.1 Å². The van der Waals surface area contributed by atoms with Gasteiger partial charge in [-0.2, -0.15) is 0 Å². The molecule has 1 aromatic carbocycles. The molecule has 0 saturated carbocycles. The third kappa shape index (κ3) is 4.76. The Kier molecular flexibility index (Phi) is 5.68. The van der Waals surface area contributed by atoms with Gasteiger partial charge in [-0.25, -0.2) is 4.98 Å². The van der Waals surface area contributed by atoms with Crippen LogP contribution in [0, 0.1) is 0 Å². The maximum absolute atomic E-state index is 12.2. The third-order valence-electron chi connectivity index (χ3n) is 4.30. The predicted molar refractivity (Wildman–Crippen MR) is 110 cm³/mol. The van der Waals surface area contributed by atoms with Crippen molar-refractivity contribution in [3.05, 3.63) is 63.3 Å². The Bertz CT molecular complexity index is 944. The molecule has 4 rings (SSSR count). The van der Waals surface area contributed by atoms with E-state index in [0.717, 1.165) is 17.0 Å². The lowest BCUT2D eigenvalue weighted by Gasteiger charge is -2.11. The Morgan fingerprint density at radius 3 is 2.82 bits per heavy atom. The molecule has 1 aliphatic rings. The first-order valence-corrected chi connectivity index (χ1v) is 10.7. The van der Waals surface area contributed by atoms with Crippen LogP contribution in [0.2, 0.25) is 0 Å². The summed E-state index contributed by atoms with van der Waals surface area (Å²) >= 11 is 2.87. The van der Waals surface area contributed by atoms with E-state index < -0.39 is 0 Å². The van der Waals surface area contributed by atoms with Crippen molar-refractivity contribution in [3.8, 4) is 5.75 Å². The van der Waals surface area contributed by atoms with Gasteiger partial charge in [0.25, 0.3) is 0 Å². The number of aromatic nitrogens is 1. The van der Waals surface area contributed by atoms with E-state index in [1.807, 2.05) is 41.8 Å². The lowest BCUT2D eigenvalue weighted by Crippen LogP contribution is -2.35. The van der Waals surface area contributed by atoms with E-state index in [1.165, 1.54) is 16.9 Å². The topological polar surface area (TPSA) is 80.3 Å². The minimum atomic E-state index is -0.110. The first-order valence-electron chi connectivity index (χ1n) is 8.93. The summed E-state index contributed by atoms with van der Waals surface area (Å²) in [6.45, 7) is 0.460. The lowest BCUT2D eigenvalue weighted by atomic mass is 10.1. The molecule has 2 N–H and O–H groups in total. The van der Waals surface area contributed by atoms with Crippen LogP contribution in [0.15, 0.2) is 47.2 Å². The second-order valence-electron chi connectivity index (χ2n) is 6.48. The zero-order chi connectivity index (χ0) is 19.3. The number of hydrogen-bond donors (Lipinski definition) is 2. The van der Waals surface area contributed by atoms with E-state index in [0.29, 0.717) is 23.8 Å². The number of anilines is 1. The summed E-state index contributed by atoms with van der Waals surface area (Å²) in [5.74, 6) is 0.677. The van der Waals surface area contributed by atoms with Crippen molar-refractivity contribution in [2.75, 3.05) is 11.9 Å². The molecule has 0 aliphatic carbocycles. The van der Waals surface area contributed by atoms with Crippen molar-refractivity contribution in [3.63, 3.8) is 0 Å². The SMILES string of the molecule is O=C(Cc1csc(NC(=O)Cc2cccs2)n1)NCC1Cc2ccccc2O1. The molecule has 1 aliphatic heterocycles. The van der Waals surface area contributed by atoms with Gasteiger partial charge >= 0.3 is 0 Å². The second kappa shape index (κ2) is 8.53. The van der Waals surface area contributed by atoms with E-state index in [-0.39, 0.29) is 24.3 Å². The number of fused-ring (bicyclic) bond motifs is 1. The molecule has 3 heterocycles. The lowest BCUT2D eigenvalue weighted by molar-refractivity contribution is -0.120. The molecule has 0 fully saturated rings. The maximum Gasteiger partial charge on any atom is 0.231 e. The van der Waals surface area contributed by atoms with Crippen LogP contribution in [-0.2, 0) is 28.9 Å². The molecular formula is C20H19N3O3S2. The summed E-state index contributed by atoms with van der Waals surface area (Å²) in [5.41, 5.74) is 1.81. The van der Waals surface area contributed by atoms with Gasteiger partial charge in [0.2, 0.25) is 11.8 Å². The molecule has 6 nitrogen and oxygen atoms in total. The van der Waals surface area contributed by atoms with Gasteiger partial charge in [-0.15, -0.1) is 22.7 Å². The number of nitrogens with one attached hydrogen (secondary N) is 2. The molecule has 1 atom stereocenters. The summed E-state index contributed by atoms with van der Waals surface area (Å²) in [4.78, 5) is 29.6. The van der Waals surface area contributed by atoms with E-state index in [9.17, 15) is 9.59 Å². The molecule has 0 bridgehead atoms. The normalized spacial score (nSPS) is 14.9. The number of rotatable bonds is 7. The van der Waals surface area contributed by atoms with Gasteiger partial charge in [0.15, 0.2) is 5.13 Å². The molecule has 144 valence electrons. The van der Waals surface area contributed by atoms with Crippen LogP contribution in [0.25, 0.3) is 0 Å². The zero-order valence-electron chi connectivity index (χ0n) is 15.0. The molecule has 8 heteroatoms. The quantitative estimate of drug-likeness (QED) is 0.624. The van der Waals surface area contributed by atoms with E-state index in [4.69, 9.17) is 4.74 Å². The van der Waals surface area contributed by atoms with Crippen molar-refractivity contribution in [1.82, 2.24) is 10.3 Å². The Morgan fingerprint density at radius 2 is 2.00 bits per heavy atom. The van der Waals surface area contributed by atoms with Gasteiger partial charge in [-0.3, -0.25) is 9.59 Å². The van der Waals surface area contributed by atoms with Gasteiger partial charge in [-0.1, -0.05) is 24.3 Å². The monoisotopic (exact) mass is 413 g/mol.